The Bertz CT molecular complexity index is 138. The molecule has 0 radical (unpaired) electrons. The molecule has 0 aliphatic carbocycles. The summed E-state index contributed by atoms with van der Waals surface area (Å²) in [6.45, 7) is 9.80. The van der Waals surface area contributed by atoms with Gasteiger partial charge in [0.25, 0.3) is 0 Å². The first-order chi connectivity index (χ1) is 5.16. The van der Waals surface area contributed by atoms with Crippen LogP contribution in [0.5, 0.6) is 0 Å². The summed E-state index contributed by atoms with van der Waals surface area (Å²) in [6.07, 6.45) is 4.49. The minimum Gasteiger partial charge on any atom is -0.165 e. The molecule has 0 rings (SSSR count). The Labute approximate surface area is 78.5 Å². The molecular formula is C9H16S2. The van der Waals surface area contributed by atoms with E-state index in [1.165, 1.54) is 17.1 Å². The first-order valence-corrected chi connectivity index (χ1v) is 5.88. The van der Waals surface area contributed by atoms with Gasteiger partial charge in [-0.3, -0.25) is 0 Å². The highest BCUT2D eigenvalue weighted by molar-refractivity contribution is 8.06. The van der Waals surface area contributed by atoms with Crippen molar-refractivity contribution >= 4 is 23.5 Å². The second-order valence-electron chi connectivity index (χ2n) is 2.44. The maximum Gasteiger partial charge on any atom is -0.00670 e. The molecule has 0 aliphatic rings. The fourth-order valence-corrected chi connectivity index (χ4v) is 1.88. The molecule has 0 saturated heterocycles. The van der Waals surface area contributed by atoms with Crippen molar-refractivity contribution in [2.24, 2.45) is 0 Å². The normalized spacial score (nSPS) is 9.64. The van der Waals surface area contributed by atoms with Gasteiger partial charge >= 0.3 is 0 Å². The van der Waals surface area contributed by atoms with Crippen LogP contribution in [0.1, 0.15) is 19.8 Å². The summed E-state index contributed by atoms with van der Waals surface area (Å²) in [5.74, 6) is 1.23. The topological polar surface area (TPSA) is 0 Å². The predicted molar refractivity (Wildman–Crippen MR) is 59.2 cm³/mol. The molecule has 0 saturated carbocycles. The van der Waals surface area contributed by atoms with E-state index in [9.17, 15) is 0 Å². The summed E-state index contributed by atoms with van der Waals surface area (Å²) in [7, 11) is 0. The first-order valence-electron chi connectivity index (χ1n) is 3.67. The zero-order valence-corrected chi connectivity index (χ0v) is 8.99. The summed E-state index contributed by atoms with van der Waals surface area (Å²) >= 11 is 3.60. The Kier molecular flexibility index (Phi) is 6.98. The van der Waals surface area contributed by atoms with Gasteiger partial charge in [0.15, 0.2) is 0 Å². The molecule has 0 unspecified atom stereocenters. The van der Waals surface area contributed by atoms with Gasteiger partial charge in [0.05, 0.1) is 0 Å². The standard InChI is InChI=1S/C9H16S2/c1-8(2)11-9(3)6-5-7-10-4/h1,3,5-7H2,2,4H3. The van der Waals surface area contributed by atoms with E-state index in [1.807, 2.05) is 18.7 Å². The Morgan fingerprint density at radius 3 is 2.45 bits per heavy atom. The Balaban J connectivity index is 3.30. The molecule has 0 spiro atoms. The number of rotatable bonds is 6. The predicted octanol–water partition coefficient (Wildman–Crippen LogP) is 3.91. The summed E-state index contributed by atoms with van der Waals surface area (Å²) in [5.41, 5.74) is 0. The molecule has 11 heavy (non-hydrogen) atoms. The summed E-state index contributed by atoms with van der Waals surface area (Å²) in [6, 6.07) is 0. The van der Waals surface area contributed by atoms with Crippen molar-refractivity contribution in [2.45, 2.75) is 19.8 Å². The maximum absolute atomic E-state index is 3.96. The number of hydrogen-bond donors (Lipinski definition) is 0. The van der Waals surface area contributed by atoms with Crippen LogP contribution in [-0.2, 0) is 0 Å². The van der Waals surface area contributed by atoms with E-state index >= 15 is 0 Å². The first kappa shape index (κ1) is 11.2. The molecule has 0 amide bonds. The molecule has 0 bridgehead atoms. The molecule has 0 aromatic rings. The lowest BCUT2D eigenvalue weighted by atomic mass is 10.3. The third-order valence-corrected chi connectivity index (χ3v) is 2.66. The lowest BCUT2D eigenvalue weighted by Gasteiger charge is -2.02. The molecule has 0 nitrogen and oxygen atoms in total. The quantitative estimate of drug-likeness (QED) is 0.580. The van der Waals surface area contributed by atoms with Gasteiger partial charge in [0.1, 0.15) is 0 Å². The summed E-state index contributed by atoms with van der Waals surface area (Å²) < 4.78 is 0. The van der Waals surface area contributed by atoms with Gasteiger partial charge in [0.2, 0.25) is 0 Å². The molecule has 0 N–H and O–H groups in total. The van der Waals surface area contributed by atoms with Crippen molar-refractivity contribution in [1.29, 1.82) is 0 Å². The lowest BCUT2D eigenvalue weighted by Crippen LogP contribution is -1.80. The van der Waals surface area contributed by atoms with Crippen LogP contribution in [0.4, 0.5) is 0 Å². The highest BCUT2D eigenvalue weighted by Gasteiger charge is 1.94. The lowest BCUT2D eigenvalue weighted by molar-refractivity contribution is 0.964. The van der Waals surface area contributed by atoms with Gasteiger partial charge in [0, 0.05) is 0 Å². The molecule has 0 atom stereocenters. The zero-order chi connectivity index (χ0) is 8.69. The SMILES string of the molecule is C=C(C)SC(=C)CCCSC. The molecule has 0 heterocycles. The number of hydrogen-bond acceptors (Lipinski definition) is 2. The second kappa shape index (κ2) is 6.86. The van der Waals surface area contributed by atoms with E-state index in [1.54, 1.807) is 11.8 Å². The molecule has 64 valence electrons. The van der Waals surface area contributed by atoms with Crippen molar-refractivity contribution in [3.63, 3.8) is 0 Å². The summed E-state index contributed by atoms with van der Waals surface area (Å²) in [5, 5.41) is 0. The minimum atomic E-state index is 1.12. The number of thioether (sulfide) groups is 2. The van der Waals surface area contributed by atoms with Crippen LogP contribution in [-0.4, -0.2) is 12.0 Å². The van der Waals surface area contributed by atoms with E-state index in [4.69, 9.17) is 0 Å². The highest BCUT2D eigenvalue weighted by atomic mass is 32.2. The van der Waals surface area contributed by atoms with Gasteiger partial charge < -0.3 is 0 Å². The van der Waals surface area contributed by atoms with Crippen LogP contribution in [0.15, 0.2) is 23.0 Å². The van der Waals surface area contributed by atoms with E-state index in [0.717, 1.165) is 11.3 Å². The molecule has 0 fully saturated rings. The van der Waals surface area contributed by atoms with Gasteiger partial charge in [-0.25, -0.2) is 0 Å². The molecule has 0 aliphatic heterocycles. The smallest absolute Gasteiger partial charge is 0.00670 e. The van der Waals surface area contributed by atoms with Crippen molar-refractivity contribution in [3.05, 3.63) is 23.0 Å². The minimum absolute atomic E-state index is 1.12. The van der Waals surface area contributed by atoms with Crippen molar-refractivity contribution < 1.29 is 0 Å². The van der Waals surface area contributed by atoms with Crippen LogP contribution in [0.3, 0.4) is 0 Å². The van der Waals surface area contributed by atoms with Gasteiger partial charge in [-0.15, -0.1) is 11.8 Å². The van der Waals surface area contributed by atoms with Crippen LogP contribution in [0.2, 0.25) is 0 Å². The van der Waals surface area contributed by atoms with Crippen molar-refractivity contribution in [1.82, 2.24) is 0 Å². The largest absolute Gasteiger partial charge is 0.165 e. The Morgan fingerprint density at radius 2 is 2.00 bits per heavy atom. The van der Waals surface area contributed by atoms with E-state index in [-0.39, 0.29) is 0 Å². The Morgan fingerprint density at radius 1 is 1.36 bits per heavy atom. The van der Waals surface area contributed by atoms with E-state index < -0.39 is 0 Å². The summed E-state index contributed by atoms with van der Waals surface area (Å²) in [4.78, 5) is 2.38. The van der Waals surface area contributed by atoms with E-state index in [0.29, 0.717) is 0 Å². The average molecular weight is 188 g/mol. The third-order valence-electron chi connectivity index (χ3n) is 1.12. The van der Waals surface area contributed by atoms with Gasteiger partial charge in [-0.05, 0) is 41.6 Å². The van der Waals surface area contributed by atoms with Crippen molar-refractivity contribution in [3.8, 4) is 0 Å². The van der Waals surface area contributed by atoms with Gasteiger partial charge in [-0.2, -0.15) is 11.8 Å². The van der Waals surface area contributed by atoms with Crippen LogP contribution in [0.25, 0.3) is 0 Å². The van der Waals surface area contributed by atoms with Crippen LogP contribution < -0.4 is 0 Å². The fourth-order valence-electron chi connectivity index (χ4n) is 0.711. The second-order valence-corrected chi connectivity index (χ2v) is 4.90. The third kappa shape index (κ3) is 8.08. The fraction of sp³-hybridized carbons (Fsp3) is 0.556. The van der Waals surface area contributed by atoms with Gasteiger partial charge in [-0.1, -0.05) is 13.2 Å². The molecule has 2 heteroatoms. The molecular weight excluding hydrogens is 172 g/mol. The highest BCUT2D eigenvalue weighted by Crippen LogP contribution is 2.25. The Hall–Kier alpha value is 0.180. The van der Waals surface area contributed by atoms with E-state index in [2.05, 4.69) is 19.4 Å². The molecule has 0 aromatic heterocycles. The average Bonchev–Trinajstić information content (AvgIpc) is 1.86. The van der Waals surface area contributed by atoms with Crippen LogP contribution >= 0.6 is 23.5 Å². The number of allylic oxidation sites excluding steroid dienone is 2. The monoisotopic (exact) mass is 188 g/mol. The van der Waals surface area contributed by atoms with Crippen molar-refractivity contribution in [2.75, 3.05) is 12.0 Å². The maximum atomic E-state index is 3.96. The van der Waals surface area contributed by atoms with Crippen LogP contribution in [0, 0.1) is 0 Å². The molecule has 0 aromatic carbocycles. The zero-order valence-electron chi connectivity index (χ0n) is 7.35.